The third-order valence-corrected chi connectivity index (χ3v) is 5.13. The monoisotopic (exact) mass is 283 g/mol. The highest BCUT2D eigenvalue weighted by Gasteiger charge is 2.23. The van der Waals surface area contributed by atoms with E-state index in [1.807, 2.05) is 23.9 Å². The third kappa shape index (κ3) is 4.18. The quantitative estimate of drug-likeness (QED) is 0.801. The van der Waals surface area contributed by atoms with Gasteiger partial charge in [0.05, 0.1) is 0 Å². The van der Waals surface area contributed by atoms with Crippen LogP contribution in [0.25, 0.3) is 0 Å². The van der Waals surface area contributed by atoms with Gasteiger partial charge in [-0.1, -0.05) is 43.9 Å². The molecule has 0 saturated heterocycles. The van der Waals surface area contributed by atoms with E-state index in [1.165, 1.54) is 37.0 Å². The zero-order valence-corrected chi connectivity index (χ0v) is 12.6. The van der Waals surface area contributed by atoms with Gasteiger partial charge < -0.3 is 5.32 Å². The van der Waals surface area contributed by atoms with Gasteiger partial charge in [-0.15, -0.1) is 11.8 Å². The largest absolute Gasteiger partial charge is 0.313 e. The van der Waals surface area contributed by atoms with Crippen molar-refractivity contribution in [1.82, 2.24) is 5.32 Å². The fourth-order valence-electron chi connectivity index (χ4n) is 2.63. The van der Waals surface area contributed by atoms with Crippen LogP contribution in [0.4, 0.5) is 0 Å². The Hall–Kier alpha value is -0.180. The van der Waals surface area contributed by atoms with Gasteiger partial charge in [0.2, 0.25) is 0 Å². The van der Waals surface area contributed by atoms with Crippen LogP contribution >= 0.6 is 23.4 Å². The Balaban J connectivity index is 2.03. The molecule has 18 heavy (non-hydrogen) atoms. The van der Waals surface area contributed by atoms with Crippen LogP contribution < -0.4 is 5.32 Å². The standard InChI is InChI=1S/C15H22ClNS/c1-2-17-14-9-4-3-5-10-15(14)18-13-8-6-7-12(16)11-13/h6-8,11,14-15,17H,2-5,9-10H2,1H3. The molecule has 0 radical (unpaired) electrons. The van der Waals surface area contributed by atoms with Crippen LogP contribution in [-0.2, 0) is 0 Å². The molecule has 2 rings (SSSR count). The molecule has 0 heterocycles. The molecule has 1 aromatic rings. The SMILES string of the molecule is CCNC1CCCCCC1Sc1cccc(Cl)c1. The molecule has 1 N–H and O–H groups in total. The van der Waals surface area contributed by atoms with E-state index in [0.717, 1.165) is 11.6 Å². The molecule has 2 unspecified atom stereocenters. The number of hydrogen-bond acceptors (Lipinski definition) is 2. The molecule has 0 spiro atoms. The summed E-state index contributed by atoms with van der Waals surface area (Å²) in [5, 5.41) is 5.18. The van der Waals surface area contributed by atoms with E-state index >= 15 is 0 Å². The highest BCUT2D eigenvalue weighted by Crippen LogP contribution is 2.34. The van der Waals surface area contributed by atoms with Gasteiger partial charge in [0, 0.05) is 21.2 Å². The van der Waals surface area contributed by atoms with Crippen LogP contribution in [0.15, 0.2) is 29.2 Å². The van der Waals surface area contributed by atoms with Crippen LogP contribution in [0.1, 0.15) is 39.0 Å². The normalized spacial score (nSPS) is 24.8. The molecule has 0 amide bonds. The molecule has 2 atom stereocenters. The van der Waals surface area contributed by atoms with Crippen molar-refractivity contribution in [3.05, 3.63) is 29.3 Å². The molecule has 1 fully saturated rings. The first-order valence-electron chi connectivity index (χ1n) is 6.95. The number of halogens is 1. The lowest BCUT2D eigenvalue weighted by Gasteiger charge is -2.25. The first-order chi connectivity index (χ1) is 8.79. The van der Waals surface area contributed by atoms with Crippen molar-refractivity contribution in [2.24, 2.45) is 0 Å². The molecule has 0 bridgehead atoms. The molecule has 1 saturated carbocycles. The predicted molar refractivity (Wildman–Crippen MR) is 81.6 cm³/mol. The highest BCUT2D eigenvalue weighted by atomic mass is 35.5. The Morgan fingerprint density at radius 3 is 2.89 bits per heavy atom. The molecular formula is C15H22ClNS. The summed E-state index contributed by atoms with van der Waals surface area (Å²) in [4.78, 5) is 1.30. The first-order valence-corrected chi connectivity index (χ1v) is 8.21. The van der Waals surface area contributed by atoms with E-state index in [1.54, 1.807) is 0 Å². The van der Waals surface area contributed by atoms with E-state index in [-0.39, 0.29) is 0 Å². The van der Waals surface area contributed by atoms with E-state index in [4.69, 9.17) is 11.6 Å². The lowest BCUT2D eigenvalue weighted by atomic mass is 10.1. The molecule has 3 heteroatoms. The van der Waals surface area contributed by atoms with Crippen LogP contribution in [0.3, 0.4) is 0 Å². The van der Waals surface area contributed by atoms with Crippen molar-refractivity contribution >= 4 is 23.4 Å². The summed E-state index contributed by atoms with van der Waals surface area (Å²) in [6.07, 6.45) is 6.74. The summed E-state index contributed by atoms with van der Waals surface area (Å²) < 4.78 is 0. The van der Waals surface area contributed by atoms with Gasteiger partial charge in [-0.05, 0) is 37.6 Å². The Labute approximate surface area is 120 Å². The van der Waals surface area contributed by atoms with Crippen molar-refractivity contribution in [1.29, 1.82) is 0 Å². The second kappa shape index (κ2) is 7.42. The Morgan fingerprint density at radius 1 is 1.28 bits per heavy atom. The molecule has 100 valence electrons. The van der Waals surface area contributed by atoms with Gasteiger partial charge >= 0.3 is 0 Å². The summed E-state index contributed by atoms with van der Waals surface area (Å²) >= 11 is 8.06. The van der Waals surface area contributed by atoms with E-state index in [2.05, 4.69) is 24.4 Å². The van der Waals surface area contributed by atoms with Crippen molar-refractivity contribution in [2.45, 2.75) is 55.2 Å². The van der Waals surface area contributed by atoms with Crippen LogP contribution in [0, 0.1) is 0 Å². The molecule has 1 nitrogen and oxygen atoms in total. The molecule has 1 aliphatic carbocycles. The average Bonchev–Trinajstić information content (AvgIpc) is 2.56. The van der Waals surface area contributed by atoms with Gasteiger partial charge in [-0.3, -0.25) is 0 Å². The van der Waals surface area contributed by atoms with Gasteiger partial charge in [0.15, 0.2) is 0 Å². The molecule has 0 aliphatic heterocycles. The minimum atomic E-state index is 0.654. The van der Waals surface area contributed by atoms with E-state index in [0.29, 0.717) is 11.3 Å². The molecular weight excluding hydrogens is 262 g/mol. The minimum absolute atomic E-state index is 0.654. The summed E-state index contributed by atoms with van der Waals surface area (Å²) in [5.74, 6) is 0. The predicted octanol–water partition coefficient (Wildman–Crippen LogP) is 4.74. The topological polar surface area (TPSA) is 12.0 Å². The minimum Gasteiger partial charge on any atom is -0.313 e. The fraction of sp³-hybridized carbons (Fsp3) is 0.600. The van der Waals surface area contributed by atoms with Crippen molar-refractivity contribution in [2.75, 3.05) is 6.54 Å². The summed E-state index contributed by atoms with van der Waals surface area (Å²) in [6, 6.07) is 8.90. The van der Waals surface area contributed by atoms with Gasteiger partial charge in [0.25, 0.3) is 0 Å². The van der Waals surface area contributed by atoms with Crippen molar-refractivity contribution in [3.8, 4) is 0 Å². The maximum atomic E-state index is 6.06. The molecule has 0 aromatic heterocycles. The Bertz CT molecular complexity index is 369. The van der Waals surface area contributed by atoms with E-state index < -0.39 is 0 Å². The van der Waals surface area contributed by atoms with Crippen molar-refractivity contribution in [3.63, 3.8) is 0 Å². The lowest BCUT2D eigenvalue weighted by Crippen LogP contribution is -2.37. The lowest BCUT2D eigenvalue weighted by molar-refractivity contribution is 0.482. The summed E-state index contributed by atoms with van der Waals surface area (Å²) in [5.41, 5.74) is 0. The third-order valence-electron chi connectivity index (χ3n) is 3.50. The van der Waals surface area contributed by atoms with Gasteiger partial charge in [0.1, 0.15) is 0 Å². The number of hydrogen-bond donors (Lipinski definition) is 1. The summed E-state index contributed by atoms with van der Waals surface area (Å²) in [6.45, 7) is 3.27. The van der Waals surface area contributed by atoms with Crippen LogP contribution in [0.5, 0.6) is 0 Å². The van der Waals surface area contributed by atoms with Crippen LogP contribution in [0.2, 0.25) is 5.02 Å². The first kappa shape index (κ1) is 14.2. The number of benzene rings is 1. The molecule has 1 aromatic carbocycles. The van der Waals surface area contributed by atoms with Gasteiger partial charge in [-0.25, -0.2) is 0 Å². The van der Waals surface area contributed by atoms with Crippen molar-refractivity contribution < 1.29 is 0 Å². The number of rotatable bonds is 4. The second-order valence-electron chi connectivity index (χ2n) is 4.92. The zero-order chi connectivity index (χ0) is 12.8. The smallest absolute Gasteiger partial charge is 0.0417 e. The average molecular weight is 284 g/mol. The van der Waals surface area contributed by atoms with Gasteiger partial charge in [-0.2, -0.15) is 0 Å². The maximum Gasteiger partial charge on any atom is 0.0417 e. The van der Waals surface area contributed by atoms with Crippen LogP contribution in [-0.4, -0.2) is 17.8 Å². The number of nitrogens with one attached hydrogen (secondary N) is 1. The Kier molecular flexibility index (Phi) is 5.87. The molecule has 1 aliphatic rings. The fourth-order valence-corrected chi connectivity index (χ4v) is 4.26. The van der Waals surface area contributed by atoms with E-state index in [9.17, 15) is 0 Å². The zero-order valence-electron chi connectivity index (χ0n) is 11.0. The Morgan fingerprint density at radius 2 is 2.11 bits per heavy atom. The number of thioether (sulfide) groups is 1. The second-order valence-corrected chi connectivity index (χ2v) is 6.66. The maximum absolute atomic E-state index is 6.06. The summed E-state index contributed by atoms with van der Waals surface area (Å²) in [7, 11) is 0. The highest BCUT2D eigenvalue weighted by molar-refractivity contribution is 8.00.